The van der Waals surface area contributed by atoms with E-state index < -0.39 is 23.8 Å². The van der Waals surface area contributed by atoms with E-state index >= 15 is 0 Å². The number of carbonyl (C=O) groups is 2. The predicted molar refractivity (Wildman–Crippen MR) is 66.3 cm³/mol. The number of carboxylic acids is 1. The lowest BCUT2D eigenvalue weighted by atomic mass is 10.2. The van der Waals surface area contributed by atoms with Gasteiger partial charge in [-0.05, 0) is 20.8 Å². The monoisotopic (exact) mass is 262 g/mol. The Morgan fingerprint density at radius 2 is 1.72 bits per heavy atom. The molecule has 0 aromatic rings. The van der Waals surface area contributed by atoms with Gasteiger partial charge in [0.2, 0.25) is 0 Å². The number of carboxylic acid groups (broad SMARTS) is 1. The van der Waals surface area contributed by atoms with E-state index in [-0.39, 0.29) is 6.42 Å². The predicted octanol–water partition coefficient (Wildman–Crippen LogP) is 1.49. The van der Waals surface area contributed by atoms with Crippen LogP contribution < -0.4 is 0 Å². The smallest absolute Gasteiger partial charge is 0.481 e. The van der Waals surface area contributed by atoms with Crippen LogP contribution in [0.3, 0.4) is 0 Å². The minimum Gasteiger partial charge on any atom is -0.481 e. The summed E-state index contributed by atoms with van der Waals surface area (Å²) in [6.07, 6.45) is -1.76. The van der Waals surface area contributed by atoms with Crippen molar-refractivity contribution in [1.29, 1.82) is 0 Å². The Morgan fingerprint density at radius 3 is 2.06 bits per heavy atom. The molecule has 1 atom stereocenters. The zero-order valence-electron chi connectivity index (χ0n) is 12.0. The maximum absolute atomic E-state index is 11.5. The Balaban J connectivity index is 4.50. The molecule has 0 unspecified atom stereocenters. The number of nitrogens with zero attached hydrogens (tertiary/aromatic N) is 1. The molecule has 0 aliphatic heterocycles. The van der Waals surface area contributed by atoms with Gasteiger partial charge in [-0.3, -0.25) is 4.79 Å². The van der Waals surface area contributed by atoms with Gasteiger partial charge in [0.25, 0.3) is 0 Å². The highest BCUT2D eigenvalue weighted by Crippen LogP contribution is 2.12. The SMILES string of the molecule is CC(C)(C)OC(=O)O[C@@H](CC(=O)O)C[N+](C)(C)C. The van der Waals surface area contributed by atoms with Crippen molar-refractivity contribution in [3.8, 4) is 0 Å². The van der Waals surface area contributed by atoms with E-state index in [9.17, 15) is 9.59 Å². The van der Waals surface area contributed by atoms with Crippen LogP contribution in [0.4, 0.5) is 4.79 Å². The van der Waals surface area contributed by atoms with E-state index in [0.29, 0.717) is 11.0 Å². The average molecular weight is 262 g/mol. The Morgan fingerprint density at radius 1 is 1.22 bits per heavy atom. The van der Waals surface area contributed by atoms with Crippen molar-refractivity contribution in [2.45, 2.75) is 38.9 Å². The number of carbonyl (C=O) groups excluding carboxylic acids is 1. The second-order valence-corrected chi connectivity index (χ2v) is 6.28. The lowest BCUT2D eigenvalue weighted by molar-refractivity contribution is -0.873. The molecule has 0 aromatic heterocycles. The van der Waals surface area contributed by atoms with E-state index in [2.05, 4.69) is 0 Å². The van der Waals surface area contributed by atoms with Gasteiger partial charge in [-0.15, -0.1) is 0 Å². The standard InChI is InChI=1S/C12H23NO5/c1-12(2,3)18-11(16)17-9(7-10(14)15)8-13(4,5)6/h9H,7-8H2,1-6H3/p+1/t9-/m0/s1. The fraction of sp³-hybridized carbons (Fsp3) is 0.833. The van der Waals surface area contributed by atoms with Gasteiger partial charge in [0.1, 0.15) is 12.1 Å². The van der Waals surface area contributed by atoms with E-state index in [0.717, 1.165) is 0 Å². The van der Waals surface area contributed by atoms with Gasteiger partial charge in [0, 0.05) is 0 Å². The molecule has 0 saturated heterocycles. The zero-order chi connectivity index (χ0) is 14.6. The molecule has 0 bridgehead atoms. The van der Waals surface area contributed by atoms with Gasteiger partial charge in [0.15, 0.2) is 6.10 Å². The first-order chi connectivity index (χ1) is 7.89. The molecule has 0 heterocycles. The van der Waals surface area contributed by atoms with Crippen LogP contribution in [0.2, 0.25) is 0 Å². The maximum atomic E-state index is 11.5. The molecule has 0 amide bonds. The third kappa shape index (κ3) is 9.89. The molecule has 0 spiro atoms. The van der Waals surface area contributed by atoms with Crippen LogP contribution in [0.1, 0.15) is 27.2 Å². The zero-order valence-corrected chi connectivity index (χ0v) is 12.0. The van der Waals surface area contributed by atoms with Gasteiger partial charge in [-0.25, -0.2) is 4.79 Å². The normalized spacial score (nSPS) is 13.9. The van der Waals surface area contributed by atoms with Crippen LogP contribution in [0.25, 0.3) is 0 Å². The number of likely N-dealkylation sites (N-methyl/N-ethyl adjacent to an activating group) is 1. The quantitative estimate of drug-likeness (QED) is 0.600. The Labute approximate surface area is 108 Å². The van der Waals surface area contributed by atoms with Crippen molar-refractivity contribution in [2.75, 3.05) is 27.7 Å². The summed E-state index contributed by atoms with van der Waals surface area (Å²) in [6.45, 7) is 5.58. The summed E-state index contributed by atoms with van der Waals surface area (Å²) in [5.41, 5.74) is -0.651. The van der Waals surface area contributed by atoms with Gasteiger partial charge in [0.05, 0.1) is 27.6 Å². The number of rotatable bonds is 5. The Hall–Kier alpha value is -1.30. The third-order valence-electron chi connectivity index (χ3n) is 1.81. The van der Waals surface area contributed by atoms with Gasteiger partial charge in [-0.1, -0.05) is 0 Å². The van der Waals surface area contributed by atoms with Crippen molar-refractivity contribution >= 4 is 12.1 Å². The number of hydrogen-bond donors (Lipinski definition) is 1. The molecule has 0 aliphatic rings. The first kappa shape index (κ1) is 16.7. The first-order valence-corrected chi connectivity index (χ1v) is 5.81. The Kier molecular flexibility index (Phi) is 5.60. The molecule has 106 valence electrons. The lowest BCUT2D eigenvalue weighted by Gasteiger charge is -2.29. The van der Waals surface area contributed by atoms with Gasteiger partial charge < -0.3 is 19.1 Å². The molecule has 6 nitrogen and oxygen atoms in total. The summed E-state index contributed by atoms with van der Waals surface area (Å²) in [4.78, 5) is 22.2. The van der Waals surface area contributed by atoms with Crippen LogP contribution >= 0.6 is 0 Å². The van der Waals surface area contributed by atoms with Crippen molar-refractivity contribution in [2.24, 2.45) is 0 Å². The molecule has 1 N–H and O–H groups in total. The summed E-state index contributed by atoms with van der Waals surface area (Å²) >= 11 is 0. The summed E-state index contributed by atoms with van der Waals surface area (Å²) in [7, 11) is 5.69. The summed E-state index contributed by atoms with van der Waals surface area (Å²) in [6, 6.07) is 0. The number of ether oxygens (including phenoxy) is 2. The summed E-state index contributed by atoms with van der Waals surface area (Å²) in [5, 5.41) is 8.79. The number of aliphatic carboxylic acids is 1. The van der Waals surface area contributed by atoms with Crippen LogP contribution in [-0.4, -0.2) is 61.1 Å². The summed E-state index contributed by atoms with van der Waals surface area (Å²) < 4.78 is 10.6. The molecule has 6 heteroatoms. The second kappa shape index (κ2) is 6.04. The van der Waals surface area contributed by atoms with E-state index in [1.165, 1.54) is 0 Å². The fourth-order valence-corrected chi connectivity index (χ4v) is 1.36. The first-order valence-electron chi connectivity index (χ1n) is 5.81. The van der Waals surface area contributed by atoms with Crippen LogP contribution in [-0.2, 0) is 14.3 Å². The van der Waals surface area contributed by atoms with Gasteiger partial charge in [-0.2, -0.15) is 0 Å². The van der Waals surface area contributed by atoms with Crippen molar-refractivity contribution in [3.63, 3.8) is 0 Å². The highest BCUT2D eigenvalue weighted by Gasteiger charge is 2.27. The van der Waals surface area contributed by atoms with E-state index in [1.54, 1.807) is 20.8 Å². The molecule has 0 aromatic carbocycles. The summed E-state index contributed by atoms with van der Waals surface area (Å²) in [5.74, 6) is -1.00. The molecule has 0 fully saturated rings. The highest BCUT2D eigenvalue weighted by molar-refractivity contribution is 5.68. The molecule has 0 rings (SSSR count). The van der Waals surface area contributed by atoms with Crippen molar-refractivity contribution < 1.29 is 28.7 Å². The topological polar surface area (TPSA) is 72.8 Å². The van der Waals surface area contributed by atoms with Crippen LogP contribution in [0.5, 0.6) is 0 Å². The molecule has 0 saturated carbocycles. The van der Waals surface area contributed by atoms with Crippen molar-refractivity contribution in [3.05, 3.63) is 0 Å². The number of hydrogen-bond acceptors (Lipinski definition) is 4. The van der Waals surface area contributed by atoms with Crippen LogP contribution in [0, 0.1) is 0 Å². The van der Waals surface area contributed by atoms with Crippen molar-refractivity contribution in [1.82, 2.24) is 0 Å². The lowest BCUT2D eigenvalue weighted by Crippen LogP contribution is -2.44. The third-order valence-corrected chi connectivity index (χ3v) is 1.81. The molecule has 18 heavy (non-hydrogen) atoms. The molecule has 0 aliphatic carbocycles. The Bertz CT molecular complexity index is 301. The highest BCUT2D eigenvalue weighted by atomic mass is 16.7. The fourth-order valence-electron chi connectivity index (χ4n) is 1.36. The van der Waals surface area contributed by atoms with Gasteiger partial charge >= 0.3 is 12.1 Å². The average Bonchev–Trinajstić information content (AvgIpc) is 1.92. The van der Waals surface area contributed by atoms with E-state index in [1.807, 2.05) is 21.1 Å². The number of quaternary nitrogens is 1. The molecule has 0 radical (unpaired) electrons. The minimum absolute atomic E-state index is 0.227. The van der Waals surface area contributed by atoms with Crippen LogP contribution in [0.15, 0.2) is 0 Å². The largest absolute Gasteiger partial charge is 0.509 e. The second-order valence-electron chi connectivity index (χ2n) is 6.28. The minimum atomic E-state index is -1.00. The maximum Gasteiger partial charge on any atom is 0.509 e. The van der Waals surface area contributed by atoms with E-state index in [4.69, 9.17) is 14.6 Å². The molecular weight excluding hydrogens is 238 g/mol. The molecular formula is C12H24NO5+.